The number of hydrogen-bond acceptors (Lipinski definition) is 7. The fourth-order valence-corrected chi connectivity index (χ4v) is 1.78. The lowest BCUT2D eigenvalue weighted by molar-refractivity contribution is -0.230. The predicted molar refractivity (Wildman–Crippen MR) is 55.0 cm³/mol. The Morgan fingerprint density at radius 3 is 2.29 bits per heavy atom. The molecule has 0 bridgehead atoms. The molecule has 1 fully saturated rings. The monoisotopic (exact) mass is 250 g/mol. The number of ether oxygens (including phenoxy) is 2. The Bertz CT molecular complexity index is 255. The van der Waals surface area contributed by atoms with Gasteiger partial charge in [-0.1, -0.05) is 0 Å². The Kier molecular flexibility index (Phi) is 5.29. The van der Waals surface area contributed by atoms with Gasteiger partial charge in [0.1, 0.15) is 24.4 Å². The summed E-state index contributed by atoms with van der Waals surface area (Å²) in [6.45, 7) is -0.473. The molecule has 4 N–H and O–H groups in total. The number of aliphatic hydroxyl groups excluding tert-OH is 4. The zero-order valence-electron chi connectivity index (χ0n) is 9.52. The SMILES string of the molecule is COC(=O)CC[C@H]1O[C@H](CO)[C@@H](O)[C@H](O)[C@@H]1O. The highest BCUT2D eigenvalue weighted by molar-refractivity contribution is 5.69. The standard InChI is InChI=1S/C10H18O7/c1-16-7(12)3-2-5-8(13)10(15)9(14)6(4-11)17-5/h5-6,8-11,13-15H,2-4H2,1H3/t5-,6-,8-,9-,10-/m1/s1. The van der Waals surface area contributed by atoms with E-state index in [2.05, 4.69) is 4.74 Å². The summed E-state index contributed by atoms with van der Waals surface area (Å²) < 4.78 is 9.65. The minimum Gasteiger partial charge on any atom is -0.469 e. The van der Waals surface area contributed by atoms with Gasteiger partial charge in [-0.05, 0) is 6.42 Å². The van der Waals surface area contributed by atoms with Crippen LogP contribution in [-0.4, -0.2) is 70.6 Å². The topological polar surface area (TPSA) is 116 Å². The summed E-state index contributed by atoms with van der Waals surface area (Å²) in [5.74, 6) is -0.457. The highest BCUT2D eigenvalue weighted by atomic mass is 16.5. The van der Waals surface area contributed by atoms with Crippen LogP contribution in [0.15, 0.2) is 0 Å². The highest BCUT2D eigenvalue weighted by Gasteiger charge is 2.43. The lowest BCUT2D eigenvalue weighted by Gasteiger charge is -2.40. The highest BCUT2D eigenvalue weighted by Crippen LogP contribution is 2.23. The number of carbonyl (C=O) groups excluding carboxylic acids is 1. The second kappa shape index (κ2) is 6.27. The molecule has 0 aromatic carbocycles. The van der Waals surface area contributed by atoms with Gasteiger partial charge < -0.3 is 29.9 Å². The zero-order chi connectivity index (χ0) is 13.0. The summed E-state index contributed by atoms with van der Waals surface area (Å²) in [6.07, 6.45) is -5.64. The van der Waals surface area contributed by atoms with Crippen molar-refractivity contribution in [3.63, 3.8) is 0 Å². The molecule has 17 heavy (non-hydrogen) atoms. The average Bonchev–Trinajstić information content (AvgIpc) is 2.34. The van der Waals surface area contributed by atoms with Gasteiger partial charge >= 0.3 is 5.97 Å². The fourth-order valence-electron chi connectivity index (χ4n) is 1.78. The van der Waals surface area contributed by atoms with Gasteiger partial charge in [0.05, 0.1) is 19.8 Å². The van der Waals surface area contributed by atoms with Crippen LogP contribution in [0.3, 0.4) is 0 Å². The molecule has 0 aromatic heterocycles. The van der Waals surface area contributed by atoms with Crippen LogP contribution in [0, 0.1) is 0 Å². The first-order valence-corrected chi connectivity index (χ1v) is 5.38. The molecular formula is C10H18O7. The average molecular weight is 250 g/mol. The van der Waals surface area contributed by atoms with Crippen molar-refractivity contribution in [2.24, 2.45) is 0 Å². The molecule has 0 unspecified atom stereocenters. The lowest BCUT2D eigenvalue weighted by atomic mass is 9.93. The Morgan fingerprint density at radius 1 is 1.18 bits per heavy atom. The van der Waals surface area contributed by atoms with E-state index in [1.54, 1.807) is 0 Å². The summed E-state index contributed by atoms with van der Waals surface area (Å²) in [4.78, 5) is 10.9. The van der Waals surface area contributed by atoms with Crippen molar-refractivity contribution in [3.05, 3.63) is 0 Å². The summed E-state index contributed by atoms with van der Waals surface area (Å²) in [5.41, 5.74) is 0. The van der Waals surface area contributed by atoms with Crippen LogP contribution in [-0.2, 0) is 14.3 Å². The molecule has 1 rings (SSSR count). The number of methoxy groups -OCH3 is 1. The maximum absolute atomic E-state index is 10.9. The summed E-state index contributed by atoms with van der Waals surface area (Å²) in [7, 11) is 1.25. The lowest BCUT2D eigenvalue weighted by Crippen LogP contribution is -2.58. The first kappa shape index (κ1) is 14.3. The van der Waals surface area contributed by atoms with E-state index in [-0.39, 0.29) is 12.8 Å². The van der Waals surface area contributed by atoms with Gasteiger partial charge in [-0.2, -0.15) is 0 Å². The number of esters is 1. The Labute approximate surface area is 98.6 Å². The van der Waals surface area contributed by atoms with Gasteiger partial charge in [-0.25, -0.2) is 0 Å². The summed E-state index contributed by atoms with van der Waals surface area (Å²) >= 11 is 0. The van der Waals surface area contributed by atoms with Crippen LogP contribution >= 0.6 is 0 Å². The predicted octanol–water partition coefficient (Wildman–Crippen LogP) is -2.22. The van der Waals surface area contributed by atoms with E-state index in [0.29, 0.717) is 0 Å². The van der Waals surface area contributed by atoms with Crippen LogP contribution < -0.4 is 0 Å². The second-order valence-corrected chi connectivity index (χ2v) is 3.98. The van der Waals surface area contributed by atoms with Crippen molar-refractivity contribution in [2.75, 3.05) is 13.7 Å². The first-order valence-electron chi connectivity index (χ1n) is 5.38. The largest absolute Gasteiger partial charge is 0.469 e. The van der Waals surface area contributed by atoms with Crippen molar-refractivity contribution in [2.45, 2.75) is 43.4 Å². The molecule has 1 aliphatic heterocycles. The second-order valence-electron chi connectivity index (χ2n) is 3.98. The molecule has 100 valence electrons. The van der Waals surface area contributed by atoms with Crippen molar-refractivity contribution in [3.8, 4) is 0 Å². The quantitative estimate of drug-likeness (QED) is 0.418. The van der Waals surface area contributed by atoms with Crippen molar-refractivity contribution in [1.82, 2.24) is 0 Å². The Balaban J connectivity index is 2.56. The van der Waals surface area contributed by atoms with E-state index in [1.807, 2.05) is 0 Å². The van der Waals surface area contributed by atoms with Crippen molar-refractivity contribution in [1.29, 1.82) is 0 Å². The Hall–Kier alpha value is -0.730. The van der Waals surface area contributed by atoms with E-state index in [1.165, 1.54) is 7.11 Å². The summed E-state index contributed by atoms with van der Waals surface area (Å²) in [6, 6.07) is 0. The molecule has 7 heteroatoms. The molecule has 7 nitrogen and oxygen atoms in total. The third kappa shape index (κ3) is 3.36. The van der Waals surface area contributed by atoms with Gasteiger partial charge in [0, 0.05) is 6.42 Å². The third-order valence-electron chi connectivity index (χ3n) is 2.85. The van der Waals surface area contributed by atoms with Gasteiger partial charge in [0.25, 0.3) is 0 Å². The van der Waals surface area contributed by atoms with Crippen molar-refractivity contribution >= 4 is 5.97 Å². The van der Waals surface area contributed by atoms with E-state index in [9.17, 15) is 20.1 Å². The number of carbonyl (C=O) groups is 1. The Morgan fingerprint density at radius 2 is 1.76 bits per heavy atom. The van der Waals surface area contributed by atoms with Crippen LogP contribution in [0.25, 0.3) is 0 Å². The molecule has 1 heterocycles. The van der Waals surface area contributed by atoms with Gasteiger partial charge in [-0.3, -0.25) is 4.79 Å². The molecule has 0 radical (unpaired) electrons. The van der Waals surface area contributed by atoms with E-state index < -0.39 is 43.1 Å². The maximum Gasteiger partial charge on any atom is 0.305 e. The maximum atomic E-state index is 10.9. The molecule has 0 aromatic rings. The number of aliphatic hydroxyl groups is 4. The first-order chi connectivity index (χ1) is 8.01. The van der Waals surface area contributed by atoms with E-state index >= 15 is 0 Å². The molecular weight excluding hydrogens is 232 g/mol. The zero-order valence-corrected chi connectivity index (χ0v) is 9.52. The molecule has 0 aliphatic carbocycles. The smallest absolute Gasteiger partial charge is 0.305 e. The molecule has 0 spiro atoms. The van der Waals surface area contributed by atoms with Gasteiger partial charge in [-0.15, -0.1) is 0 Å². The normalized spacial score (nSPS) is 37.8. The minimum atomic E-state index is -1.40. The molecule has 0 saturated carbocycles. The van der Waals surface area contributed by atoms with Crippen molar-refractivity contribution < 1.29 is 34.7 Å². The number of hydrogen-bond donors (Lipinski definition) is 4. The summed E-state index contributed by atoms with van der Waals surface area (Å²) in [5, 5.41) is 37.6. The third-order valence-corrected chi connectivity index (χ3v) is 2.85. The van der Waals surface area contributed by atoms with Crippen LogP contribution in [0.4, 0.5) is 0 Å². The van der Waals surface area contributed by atoms with Crippen LogP contribution in [0.5, 0.6) is 0 Å². The molecule has 1 aliphatic rings. The van der Waals surface area contributed by atoms with Gasteiger partial charge in [0.15, 0.2) is 0 Å². The van der Waals surface area contributed by atoms with Gasteiger partial charge in [0.2, 0.25) is 0 Å². The van der Waals surface area contributed by atoms with Crippen LogP contribution in [0.1, 0.15) is 12.8 Å². The fraction of sp³-hybridized carbons (Fsp3) is 0.900. The number of rotatable bonds is 4. The minimum absolute atomic E-state index is 0.0270. The molecule has 1 saturated heterocycles. The molecule has 0 amide bonds. The van der Waals surface area contributed by atoms with E-state index in [0.717, 1.165) is 0 Å². The van der Waals surface area contributed by atoms with E-state index in [4.69, 9.17) is 9.84 Å². The van der Waals surface area contributed by atoms with Crippen LogP contribution in [0.2, 0.25) is 0 Å². The molecule has 5 atom stereocenters.